The zero-order valence-electron chi connectivity index (χ0n) is 12.9. The normalized spacial score (nSPS) is 13.4. The van der Waals surface area contributed by atoms with E-state index in [2.05, 4.69) is 5.32 Å². The third kappa shape index (κ3) is 4.90. The lowest BCUT2D eigenvalue weighted by atomic mass is 10.1. The minimum atomic E-state index is -0.275. The molecular weight excluding hydrogens is 294 g/mol. The van der Waals surface area contributed by atoms with E-state index in [0.29, 0.717) is 6.61 Å². The van der Waals surface area contributed by atoms with Crippen molar-refractivity contribution in [2.45, 2.75) is 23.1 Å². The van der Waals surface area contributed by atoms with Gasteiger partial charge in [-0.05, 0) is 24.6 Å². The van der Waals surface area contributed by atoms with Crippen molar-refractivity contribution in [3.05, 3.63) is 66.2 Å². The van der Waals surface area contributed by atoms with Crippen molar-refractivity contribution in [1.29, 1.82) is 0 Å². The van der Waals surface area contributed by atoms with Gasteiger partial charge in [0.05, 0.1) is 6.61 Å². The van der Waals surface area contributed by atoms with E-state index in [-0.39, 0.29) is 17.2 Å². The van der Waals surface area contributed by atoms with Crippen LogP contribution in [0.5, 0.6) is 0 Å². The lowest BCUT2D eigenvalue weighted by Gasteiger charge is -2.20. The number of carbonyl (C=O) groups excluding carboxylic acids is 1. The van der Waals surface area contributed by atoms with Gasteiger partial charge in [-0.15, -0.1) is 11.8 Å². The van der Waals surface area contributed by atoms with Crippen molar-refractivity contribution in [2.24, 2.45) is 0 Å². The minimum Gasteiger partial charge on any atom is -0.383 e. The summed E-state index contributed by atoms with van der Waals surface area (Å²) in [6.45, 7) is 2.44. The molecule has 0 aliphatic carbocycles. The zero-order valence-corrected chi connectivity index (χ0v) is 13.7. The quantitative estimate of drug-likeness (QED) is 0.792. The van der Waals surface area contributed by atoms with Crippen LogP contribution in [0.1, 0.15) is 17.7 Å². The van der Waals surface area contributed by atoms with Crippen LogP contribution in [-0.4, -0.2) is 25.7 Å². The number of methoxy groups -OCH3 is 1. The second-order valence-corrected chi connectivity index (χ2v) is 6.27. The van der Waals surface area contributed by atoms with Gasteiger partial charge in [-0.25, -0.2) is 0 Å². The fraction of sp³-hybridized carbons (Fsp3) is 0.278. The monoisotopic (exact) mass is 315 g/mol. The predicted molar refractivity (Wildman–Crippen MR) is 91.0 cm³/mol. The Labute approximate surface area is 136 Å². The van der Waals surface area contributed by atoms with Crippen LogP contribution in [0.2, 0.25) is 0 Å². The Balaban J connectivity index is 2.16. The standard InChI is InChI=1S/C18H21NO2S/c1-14(13-21-2)19-18(20)17(15-9-5-3-6-10-15)22-16-11-7-4-8-12-16/h3-12,14,17H,13H2,1-2H3,(H,19,20)/t14-,17+/m0/s1. The van der Waals surface area contributed by atoms with Crippen molar-refractivity contribution in [2.75, 3.05) is 13.7 Å². The summed E-state index contributed by atoms with van der Waals surface area (Å²) < 4.78 is 5.09. The van der Waals surface area contributed by atoms with Crippen LogP contribution >= 0.6 is 11.8 Å². The average Bonchev–Trinajstić information content (AvgIpc) is 2.54. The highest BCUT2D eigenvalue weighted by Crippen LogP contribution is 2.35. The van der Waals surface area contributed by atoms with E-state index in [0.717, 1.165) is 10.5 Å². The van der Waals surface area contributed by atoms with E-state index in [1.54, 1.807) is 18.9 Å². The second kappa shape index (κ2) is 8.61. The van der Waals surface area contributed by atoms with E-state index in [1.165, 1.54) is 0 Å². The van der Waals surface area contributed by atoms with E-state index < -0.39 is 0 Å². The highest BCUT2D eigenvalue weighted by Gasteiger charge is 2.23. The lowest BCUT2D eigenvalue weighted by molar-refractivity contribution is -0.121. The smallest absolute Gasteiger partial charge is 0.238 e. The minimum absolute atomic E-state index is 0.00426. The number of hydrogen-bond donors (Lipinski definition) is 1. The van der Waals surface area contributed by atoms with Gasteiger partial charge in [0.1, 0.15) is 5.25 Å². The second-order valence-electron chi connectivity index (χ2n) is 5.09. The van der Waals surface area contributed by atoms with Crippen LogP contribution in [-0.2, 0) is 9.53 Å². The van der Waals surface area contributed by atoms with Gasteiger partial charge < -0.3 is 10.1 Å². The molecular formula is C18H21NO2S. The summed E-state index contributed by atoms with van der Waals surface area (Å²) in [4.78, 5) is 13.7. The van der Waals surface area contributed by atoms with Gasteiger partial charge in [0.15, 0.2) is 0 Å². The zero-order chi connectivity index (χ0) is 15.8. The Kier molecular flexibility index (Phi) is 6.49. The first kappa shape index (κ1) is 16.6. The molecule has 0 spiro atoms. The highest BCUT2D eigenvalue weighted by atomic mass is 32.2. The Bertz CT molecular complexity index is 574. The SMILES string of the molecule is COC[C@H](C)NC(=O)[C@H](Sc1ccccc1)c1ccccc1. The molecule has 0 heterocycles. The highest BCUT2D eigenvalue weighted by molar-refractivity contribution is 8.00. The summed E-state index contributed by atoms with van der Waals surface area (Å²) in [7, 11) is 1.63. The molecule has 0 aromatic heterocycles. The fourth-order valence-electron chi connectivity index (χ4n) is 2.15. The van der Waals surface area contributed by atoms with E-state index in [9.17, 15) is 4.79 Å². The molecule has 0 saturated heterocycles. The molecule has 0 unspecified atom stereocenters. The molecule has 1 amide bonds. The molecule has 0 fully saturated rings. The van der Waals surface area contributed by atoms with Crippen LogP contribution in [0.25, 0.3) is 0 Å². The molecule has 2 atom stereocenters. The Hall–Kier alpha value is -1.78. The third-order valence-corrected chi connectivity index (χ3v) is 4.41. The van der Waals surface area contributed by atoms with Gasteiger partial charge in [-0.1, -0.05) is 48.5 Å². The summed E-state index contributed by atoms with van der Waals surface area (Å²) in [6, 6.07) is 19.8. The average molecular weight is 315 g/mol. The molecule has 116 valence electrons. The molecule has 3 nitrogen and oxygen atoms in total. The summed E-state index contributed by atoms with van der Waals surface area (Å²) in [5.74, 6) is 0.00426. The maximum atomic E-state index is 12.6. The maximum Gasteiger partial charge on any atom is 0.238 e. The van der Waals surface area contributed by atoms with E-state index >= 15 is 0 Å². The fourth-order valence-corrected chi connectivity index (χ4v) is 3.20. The number of ether oxygens (including phenoxy) is 1. The van der Waals surface area contributed by atoms with Crippen molar-refractivity contribution in [3.63, 3.8) is 0 Å². The first-order valence-corrected chi connectivity index (χ1v) is 8.14. The molecule has 0 aliphatic heterocycles. The number of amides is 1. The number of rotatable bonds is 7. The van der Waals surface area contributed by atoms with Gasteiger partial charge >= 0.3 is 0 Å². The van der Waals surface area contributed by atoms with Crippen LogP contribution in [0.15, 0.2) is 65.6 Å². The van der Waals surface area contributed by atoms with E-state index in [4.69, 9.17) is 4.74 Å². The van der Waals surface area contributed by atoms with Gasteiger partial charge in [0, 0.05) is 18.0 Å². The topological polar surface area (TPSA) is 38.3 Å². The number of thioether (sulfide) groups is 1. The molecule has 4 heteroatoms. The summed E-state index contributed by atoms with van der Waals surface area (Å²) in [5.41, 5.74) is 0.999. The number of hydrogen-bond acceptors (Lipinski definition) is 3. The first-order chi connectivity index (χ1) is 10.7. The van der Waals surface area contributed by atoms with Crippen LogP contribution in [0.4, 0.5) is 0 Å². The Morgan fingerprint density at radius 1 is 1.09 bits per heavy atom. The lowest BCUT2D eigenvalue weighted by Crippen LogP contribution is -2.38. The van der Waals surface area contributed by atoms with Gasteiger partial charge in [-0.3, -0.25) is 4.79 Å². The molecule has 2 rings (SSSR count). The molecule has 0 aliphatic rings. The number of nitrogens with one attached hydrogen (secondary N) is 1. The van der Waals surface area contributed by atoms with Crippen molar-refractivity contribution < 1.29 is 9.53 Å². The van der Waals surface area contributed by atoms with Gasteiger partial charge in [0.25, 0.3) is 0 Å². The van der Waals surface area contributed by atoms with Crippen LogP contribution < -0.4 is 5.32 Å². The number of carbonyl (C=O) groups is 1. The molecule has 22 heavy (non-hydrogen) atoms. The predicted octanol–water partition coefficient (Wildman–Crippen LogP) is 3.67. The largest absolute Gasteiger partial charge is 0.383 e. The van der Waals surface area contributed by atoms with Gasteiger partial charge in [-0.2, -0.15) is 0 Å². The van der Waals surface area contributed by atoms with Crippen LogP contribution in [0.3, 0.4) is 0 Å². The molecule has 1 N–H and O–H groups in total. The van der Waals surface area contributed by atoms with Gasteiger partial charge in [0.2, 0.25) is 5.91 Å². The Morgan fingerprint density at radius 2 is 1.68 bits per heavy atom. The van der Waals surface area contributed by atoms with Crippen molar-refractivity contribution in [3.8, 4) is 0 Å². The summed E-state index contributed by atoms with van der Waals surface area (Å²) in [6.07, 6.45) is 0. The molecule has 0 radical (unpaired) electrons. The molecule has 0 bridgehead atoms. The maximum absolute atomic E-state index is 12.6. The molecule has 2 aromatic carbocycles. The Morgan fingerprint density at radius 3 is 2.27 bits per heavy atom. The number of benzene rings is 2. The van der Waals surface area contributed by atoms with Crippen molar-refractivity contribution in [1.82, 2.24) is 5.32 Å². The molecule has 2 aromatic rings. The van der Waals surface area contributed by atoms with Crippen LogP contribution in [0, 0.1) is 0 Å². The molecule has 0 saturated carbocycles. The first-order valence-electron chi connectivity index (χ1n) is 7.26. The van der Waals surface area contributed by atoms with Crippen molar-refractivity contribution >= 4 is 17.7 Å². The summed E-state index contributed by atoms with van der Waals surface area (Å²) in [5, 5.41) is 2.74. The third-order valence-electron chi connectivity index (χ3n) is 3.14. The summed E-state index contributed by atoms with van der Waals surface area (Å²) >= 11 is 1.56. The van der Waals surface area contributed by atoms with E-state index in [1.807, 2.05) is 67.6 Å².